The first-order valence-electron chi connectivity index (χ1n) is 10.1. The van der Waals surface area contributed by atoms with Gasteiger partial charge in [-0.15, -0.1) is 0 Å². The SMILES string of the molecule is CC1CCC2(CC1)NC(=O)N(NC(=O)c1ccc(C(=O)c3ccccc3)cc1)C2=O. The fraction of sp³-hybridized carbons (Fsp3) is 0.304. The minimum atomic E-state index is -0.914. The second-order valence-corrected chi connectivity index (χ2v) is 8.05. The van der Waals surface area contributed by atoms with E-state index < -0.39 is 23.4 Å². The van der Waals surface area contributed by atoms with Crippen LogP contribution in [-0.2, 0) is 4.79 Å². The molecule has 1 saturated heterocycles. The minimum Gasteiger partial charge on any atom is -0.322 e. The van der Waals surface area contributed by atoms with Gasteiger partial charge >= 0.3 is 6.03 Å². The number of ketones is 1. The molecule has 2 aromatic carbocycles. The topological polar surface area (TPSA) is 95.6 Å². The lowest BCUT2D eigenvalue weighted by Gasteiger charge is -2.33. The fourth-order valence-corrected chi connectivity index (χ4v) is 4.01. The van der Waals surface area contributed by atoms with Crippen molar-refractivity contribution in [3.05, 3.63) is 71.3 Å². The number of urea groups is 1. The molecule has 1 heterocycles. The molecule has 0 bridgehead atoms. The molecule has 154 valence electrons. The Kier molecular flexibility index (Phi) is 5.11. The number of imide groups is 1. The van der Waals surface area contributed by atoms with Gasteiger partial charge in [-0.3, -0.25) is 19.8 Å². The number of carbonyl (C=O) groups is 4. The van der Waals surface area contributed by atoms with Gasteiger partial charge in [0.2, 0.25) is 0 Å². The van der Waals surface area contributed by atoms with Crippen molar-refractivity contribution < 1.29 is 19.2 Å². The van der Waals surface area contributed by atoms with Crippen molar-refractivity contribution in [3.63, 3.8) is 0 Å². The highest BCUT2D eigenvalue weighted by atomic mass is 16.2. The van der Waals surface area contributed by atoms with Crippen LogP contribution in [0.25, 0.3) is 0 Å². The molecule has 2 fully saturated rings. The zero-order chi connectivity index (χ0) is 21.3. The molecule has 2 aliphatic rings. The van der Waals surface area contributed by atoms with E-state index in [1.165, 1.54) is 12.1 Å². The van der Waals surface area contributed by atoms with E-state index in [2.05, 4.69) is 17.7 Å². The second-order valence-electron chi connectivity index (χ2n) is 8.05. The van der Waals surface area contributed by atoms with E-state index in [0.29, 0.717) is 29.9 Å². The van der Waals surface area contributed by atoms with Crippen molar-refractivity contribution in [1.29, 1.82) is 0 Å². The zero-order valence-electron chi connectivity index (χ0n) is 16.7. The molecular weight excluding hydrogens is 382 g/mol. The molecule has 7 nitrogen and oxygen atoms in total. The number of benzene rings is 2. The molecule has 1 aliphatic heterocycles. The lowest BCUT2D eigenvalue weighted by Crippen LogP contribution is -2.51. The van der Waals surface area contributed by atoms with E-state index in [1.807, 2.05) is 6.07 Å². The molecule has 2 N–H and O–H groups in total. The van der Waals surface area contributed by atoms with Crippen molar-refractivity contribution in [2.24, 2.45) is 5.92 Å². The van der Waals surface area contributed by atoms with Gasteiger partial charge in [0.1, 0.15) is 5.54 Å². The van der Waals surface area contributed by atoms with Crippen LogP contribution in [0, 0.1) is 5.92 Å². The van der Waals surface area contributed by atoms with Gasteiger partial charge in [0, 0.05) is 16.7 Å². The summed E-state index contributed by atoms with van der Waals surface area (Å²) in [4.78, 5) is 50.3. The van der Waals surface area contributed by atoms with E-state index in [4.69, 9.17) is 0 Å². The Morgan fingerprint density at radius 2 is 1.50 bits per heavy atom. The summed E-state index contributed by atoms with van der Waals surface area (Å²) in [7, 11) is 0. The lowest BCUT2D eigenvalue weighted by molar-refractivity contribution is -0.134. The van der Waals surface area contributed by atoms with Gasteiger partial charge in [-0.05, 0) is 43.7 Å². The van der Waals surface area contributed by atoms with Crippen LogP contribution < -0.4 is 10.7 Å². The molecule has 0 aromatic heterocycles. The van der Waals surface area contributed by atoms with Gasteiger partial charge in [0.25, 0.3) is 11.8 Å². The van der Waals surface area contributed by atoms with Gasteiger partial charge in [-0.25, -0.2) is 4.79 Å². The maximum Gasteiger partial charge on any atom is 0.344 e. The molecule has 7 heteroatoms. The Morgan fingerprint density at radius 1 is 0.933 bits per heavy atom. The zero-order valence-corrected chi connectivity index (χ0v) is 16.7. The normalized spacial score (nSPS) is 23.4. The summed E-state index contributed by atoms with van der Waals surface area (Å²) in [6.07, 6.45) is 2.85. The van der Waals surface area contributed by atoms with Crippen LogP contribution in [0.15, 0.2) is 54.6 Å². The maximum absolute atomic E-state index is 12.8. The first kappa shape index (κ1) is 19.8. The van der Waals surface area contributed by atoms with Crippen LogP contribution in [0.5, 0.6) is 0 Å². The van der Waals surface area contributed by atoms with Crippen molar-refractivity contribution >= 4 is 23.6 Å². The van der Waals surface area contributed by atoms with Crippen LogP contribution in [0.1, 0.15) is 58.9 Å². The molecule has 30 heavy (non-hydrogen) atoms. The molecule has 2 aromatic rings. The van der Waals surface area contributed by atoms with Crippen molar-refractivity contribution in [2.45, 2.75) is 38.1 Å². The number of nitrogens with one attached hydrogen (secondary N) is 2. The third-order valence-electron chi connectivity index (χ3n) is 5.95. The molecule has 0 unspecified atom stereocenters. The molecule has 1 saturated carbocycles. The molecule has 1 aliphatic carbocycles. The highest BCUT2D eigenvalue weighted by Crippen LogP contribution is 2.35. The summed E-state index contributed by atoms with van der Waals surface area (Å²) in [5, 5.41) is 3.55. The molecule has 4 amide bonds. The largest absolute Gasteiger partial charge is 0.344 e. The molecule has 4 rings (SSSR count). The third-order valence-corrected chi connectivity index (χ3v) is 5.95. The van der Waals surface area contributed by atoms with Gasteiger partial charge in [0.05, 0.1) is 0 Å². The molecular formula is C23H23N3O4. The fourth-order valence-electron chi connectivity index (χ4n) is 4.01. The summed E-state index contributed by atoms with van der Waals surface area (Å²) < 4.78 is 0. The molecule has 1 spiro atoms. The second kappa shape index (κ2) is 7.74. The monoisotopic (exact) mass is 405 g/mol. The van der Waals surface area contributed by atoms with Gasteiger partial charge < -0.3 is 5.32 Å². The van der Waals surface area contributed by atoms with Crippen molar-refractivity contribution in [1.82, 2.24) is 15.8 Å². The van der Waals surface area contributed by atoms with Gasteiger partial charge in [-0.1, -0.05) is 49.4 Å². The van der Waals surface area contributed by atoms with Crippen molar-refractivity contribution in [2.75, 3.05) is 0 Å². The van der Waals surface area contributed by atoms with E-state index in [-0.39, 0.29) is 11.3 Å². The van der Waals surface area contributed by atoms with E-state index in [1.54, 1.807) is 36.4 Å². The number of hydrogen-bond acceptors (Lipinski definition) is 4. The Balaban J connectivity index is 1.44. The summed E-state index contributed by atoms with van der Waals surface area (Å²) in [6, 6.07) is 14.4. The Bertz CT molecular complexity index is 993. The average molecular weight is 405 g/mol. The van der Waals surface area contributed by atoms with Gasteiger partial charge in [0.15, 0.2) is 5.78 Å². The Hall–Kier alpha value is -3.48. The summed E-state index contributed by atoms with van der Waals surface area (Å²) in [5.41, 5.74) is 2.74. The lowest BCUT2D eigenvalue weighted by atomic mass is 9.77. The highest BCUT2D eigenvalue weighted by Gasteiger charge is 2.52. The van der Waals surface area contributed by atoms with Crippen LogP contribution in [0.3, 0.4) is 0 Å². The van der Waals surface area contributed by atoms with Crippen LogP contribution in [0.4, 0.5) is 4.79 Å². The molecule has 0 radical (unpaired) electrons. The first-order valence-corrected chi connectivity index (χ1v) is 10.1. The number of amides is 4. The maximum atomic E-state index is 12.8. The first-order chi connectivity index (χ1) is 14.4. The third kappa shape index (κ3) is 3.58. The predicted molar refractivity (Wildman–Crippen MR) is 110 cm³/mol. The van der Waals surface area contributed by atoms with Crippen LogP contribution in [0.2, 0.25) is 0 Å². The summed E-state index contributed by atoms with van der Waals surface area (Å²) in [5.74, 6) is -0.631. The number of rotatable bonds is 4. The standard InChI is InChI=1S/C23H23N3O4/c1-15-11-13-23(14-12-15)21(29)26(22(30)24-23)25-20(28)18-9-7-17(8-10-18)19(27)16-5-3-2-4-6-16/h2-10,15H,11-14H2,1H3,(H,24,30)(H,25,28). The predicted octanol–water partition coefficient (Wildman–Crippen LogP) is 3.06. The van der Waals surface area contributed by atoms with Crippen LogP contribution in [-0.4, -0.2) is 34.2 Å². The minimum absolute atomic E-state index is 0.148. The summed E-state index contributed by atoms with van der Waals surface area (Å²) in [6.45, 7) is 2.12. The highest BCUT2D eigenvalue weighted by molar-refractivity contribution is 6.10. The Labute approximate surface area is 174 Å². The van der Waals surface area contributed by atoms with E-state index in [0.717, 1.165) is 17.9 Å². The quantitative estimate of drug-likeness (QED) is 0.604. The smallest absolute Gasteiger partial charge is 0.322 e. The Morgan fingerprint density at radius 3 is 2.13 bits per heavy atom. The van der Waals surface area contributed by atoms with Crippen LogP contribution >= 0.6 is 0 Å². The number of hydrazine groups is 1. The van der Waals surface area contributed by atoms with Gasteiger partial charge in [-0.2, -0.15) is 5.01 Å². The van der Waals surface area contributed by atoms with Crippen molar-refractivity contribution in [3.8, 4) is 0 Å². The number of nitrogens with zero attached hydrogens (tertiary/aromatic N) is 1. The van der Waals surface area contributed by atoms with E-state index in [9.17, 15) is 19.2 Å². The number of hydrogen-bond donors (Lipinski definition) is 2. The number of carbonyl (C=O) groups excluding carboxylic acids is 4. The summed E-state index contributed by atoms with van der Waals surface area (Å²) >= 11 is 0. The average Bonchev–Trinajstić information content (AvgIpc) is 3.00. The molecule has 0 atom stereocenters. The van der Waals surface area contributed by atoms with E-state index >= 15 is 0 Å².